The summed E-state index contributed by atoms with van der Waals surface area (Å²) in [7, 11) is 0. The van der Waals surface area contributed by atoms with Crippen LogP contribution in [0.3, 0.4) is 0 Å². The third-order valence-electron chi connectivity index (χ3n) is 4.82. The van der Waals surface area contributed by atoms with Gasteiger partial charge in [-0.3, -0.25) is 4.79 Å². The minimum atomic E-state index is -0.0904. The highest BCUT2D eigenvalue weighted by molar-refractivity contribution is 5.95. The summed E-state index contributed by atoms with van der Waals surface area (Å²) in [5.74, 6) is 0.583. The summed E-state index contributed by atoms with van der Waals surface area (Å²) < 4.78 is 1.86. The Morgan fingerprint density at radius 2 is 2.00 bits per heavy atom. The highest BCUT2D eigenvalue weighted by atomic mass is 16.3. The van der Waals surface area contributed by atoms with Crippen LogP contribution in [0.25, 0.3) is 5.69 Å². The van der Waals surface area contributed by atoms with Crippen LogP contribution in [0.1, 0.15) is 60.6 Å². The molecule has 1 heterocycles. The number of rotatable bonds is 7. The zero-order valence-electron chi connectivity index (χ0n) is 15.2. The van der Waals surface area contributed by atoms with Crippen molar-refractivity contribution in [2.45, 2.75) is 52.0 Å². The zero-order valence-corrected chi connectivity index (χ0v) is 15.2. The lowest BCUT2D eigenvalue weighted by atomic mass is 10.0. The maximum atomic E-state index is 12.8. The van der Waals surface area contributed by atoms with E-state index in [9.17, 15) is 9.90 Å². The molecular formula is C20H27N3O2. The van der Waals surface area contributed by atoms with E-state index in [2.05, 4.69) is 24.3 Å². The van der Waals surface area contributed by atoms with Gasteiger partial charge in [-0.1, -0.05) is 31.5 Å². The third-order valence-corrected chi connectivity index (χ3v) is 4.82. The first-order valence-electron chi connectivity index (χ1n) is 9.08. The number of hydrogen-bond donors (Lipinski definition) is 2. The number of amides is 1. The molecule has 0 spiro atoms. The lowest BCUT2D eigenvalue weighted by Crippen LogP contribution is -2.37. The molecule has 134 valence electrons. The molecule has 0 saturated heterocycles. The van der Waals surface area contributed by atoms with Gasteiger partial charge in [0.15, 0.2) is 0 Å². The molecular weight excluding hydrogens is 314 g/mol. The first kappa shape index (κ1) is 17.7. The first-order chi connectivity index (χ1) is 12.0. The maximum absolute atomic E-state index is 12.8. The fourth-order valence-electron chi connectivity index (χ4n) is 3.29. The van der Waals surface area contributed by atoms with Crippen LogP contribution in [-0.4, -0.2) is 33.4 Å². The van der Waals surface area contributed by atoms with Gasteiger partial charge in [-0.25, -0.2) is 4.68 Å². The standard InChI is InChI=1S/C20H27N3O2/c1-13(2)19-17(20(25)22-18(10-11-24)15-6-7-15)12-21-23(19)16-8-4-14(3)5-9-16/h4-5,8-9,12-13,15,18,24H,6-7,10-11H2,1-3H3,(H,22,25). The summed E-state index contributed by atoms with van der Waals surface area (Å²) in [5.41, 5.74) is 3.69. The first-order valence-corrected chi connectivity index (χ1v) is 9.08. The van der Waals surface area contributed by atoms with Crippen molar-refractivity contribution < 1.29 is 9.90 Å². The molecule has 1 atom stereocenters. The molecule has 1 amide bonds. The number of aliphatic hydroxyl groups is 1. The van der Waals surface area contributed by atoms with Crippen molar-refractivity contribution in [3.05, 3.63) is 47.3 Å². The highest BCUT2D eigenvalue weighted by Gasteiger charge is 2.33. The van der Waals surface area contributed by atoms with Gasteiger partial charge in [-0.15, -0.1) is 0 Å². The number of hydrogen-bond acceptors (Lipinski definition) is 3. The quantitative estimate of drug-likeness (QED) is 0.813. The Hall–Kier alpha value is -2.14. The molecule has 25 heavy (non-hydrogen) atoms. The summed E-state index contributed by atoms with van der Waals surface area (Å²) in [4.78, 5) is 12.8. The lowest BCUT2D eigenvalue weighted by Gasteiger charge is -2.18. The van der Waals surface area contributed by atoms with Gasteiger partial charge < -0.3 is 10.4 Å². The van der Waals surface area contributed by atoms with Crippen molar-refractivity contribution in [2.24, 2.45) is 5.92 Å². The molecule has 0 bridgehead atoms. The molecule has 1 aliphatic rings. The molecule has 1 aliphatic carbocycles. The van der Waals surface area contributed by atoms with Crippen LogP contribution >= 0.6 is 0 Å². The number of benzene rings is 1. The Kier molecular flexibility index (Phi) is 5.23. The average Bonchev–Trinajstić information content (AvgIpc) is 3.33. The molecule has 5 nitrogen and oxygen atoms in total. The molecule has 1 unspecified atom stereocenters. The van der Waals surface area contributed by atoms with E-state index in [-0.39, 0.29) is 24.5 Å². The van der Waals surface area contributed by atoms with Crippen LogP contribution < -0.4 is 5.32 Å². The number of nitrogens with zero attached hydrogens (tertiary/aromatic N) is 2. The summed E-state index contributed by atoms with van der Waals surface area (Å²) in [6.45, 7) is 6.30. The van der Waals surface area contributed by atoms with Crippen LogP contribution in [0.4, 0.5) is 0 Å². The van der Waals surface area contributed by atoms with Crippen molar-refractivity contribution in [1.29, 1.82) is 0 Å². The molecule has 1 fully saturated rings. The number of carbonyl (C=O) groups excluding carboxylic acids is 1. The molecule has 0 aliphatic heterocycles. The second-order valence-corrected chi connectivity index (χ2v) is 7.28. The van der Waals surface area contributed by atoms with E-state index in [1.54, 1.807) is 6.20 Å². The molecule has 3 rings (SSSR count). The van der Waals surface area contributed by atoms with Gasteiger partial charge in [0.2, 0.25) is 0 Å². The van der Waals surface area contributed by atoms with Gasteiger partial charge in [0.25, 0.3) is 5.91 Å². The minimum Gasteiger partial charge on any atom is -0.396 e. The van der Waals surface area contributed by atoms with Gasteiger partial charge in [0.1, 0.15) is 0 Å². The van der Waals surface area contributed by atoms with E-state index in [4.69, 9.17) is 0 Å². The predicted octanol–water partition coefficient (Wildman–Crippen LogP) is 3.19. The maximum Gasteiger partial charge on any atom is 0.255 e. The van der Waals surface area contributed by atoms with Crippen molar-refractivity contribution in [2.75, 3.05) is 6.61 Å². The molecule has 5 heteroatoms. The van der Waals surface area contributed by atoms with Gasteiger partial charge in [0, 0.05) is 12.6 Å². The Balaban J connectivity index is 1.88. The SMILES string of the molecule is Cc1ccc(-n2ncc(C(=O)NC(CCO)C3CC3)c2C(C)C)cc1. The Bertz CT molecular complexity index is 730. The molecule has 1 aromatic heterocycles. The topological polar surface area (TPSA) is 67.2 Å². The molecule has 2 N–H and O–H groups in total. The Labute approximate surface area is 149 Å². The van der Waals surface area contributed by atoms with E-state index in [0.29, 0.717) is 17.9 Å². The zero-order chi connectivity index (χ0) is 18.0. The number of aliphatic hydroxyl groups excluding tert-OH is 1. The third kappa shape index (κ3) is 3.93. The second kappa shape index (κ2) is 7.40. The van der Waals surface area contributed by atoms with Crippen LogP contribution in [0.15, 0.2) is 30.5 Å². The van der Waals surface area contributed by atoms with Crippen molar-refractivity contribution in [3.63, 3.8) is 0 Å². The van der Waals surface area contributed by atoms with E-state index in [1.807, 2.05) is 35.9 Å². The van der Waals surface area contributed by atoms with Crippen LogP contribution in [0.2, 0.25) is 0 Å². The minimum absolute atomic E-state index is 0.0558. The number of aryl methyl sites for hydroxylation is 1. The van der Waals surface area contributed by atoms with Crippen molar-refractivity contribution >= 4 is 5.91 Å². The Morgan fingerprint density at radius 1 is 1.32 bits per heavy atom. The predicted molar refractivity (Wildman–Crippen MR) is 98.1 cm³/mol. The number of carbonyl (C=O) groups is 1. The monoisotopic (exact) mass is 341 g/mol. The van der Waals surface area contributed by atoms with Crippen molar-refractivity contribution in [3.8, 4) is 5.69 Å². The number of nitrogens with one attached hydrogen (secondary N) is 1. The molecule has 0 radical (unpaired) electrons. The van der Waals surface area contributed by atoms with E-state index in [1.165, 1.54) is 5.56 Å². The summed E-state index contributed by atoms with van der Waals surface area (Å²) in [5, 5.41) is 16.8. The Morgan fingerprint density at radius 3 is 2.56 bits per heavy atom. The fraction of sp³-hybridized carbons (Fsp3) is 0.500. The fourth-order valence-corrected chi connectivity index (χ4v) is 3.29. The van der Waals surface area contributed by atoms with E-state index < -0.39 is 0 Å². The molecule has 2 aromatic rings. The van der Waals surface area contributed by atoms with Gasteiger partial charge in [-0.2, -0.15) is 5.10 Å². The molecule has 1 saturated carbocycles. The smallest absolute Gasteiger partial charge is 0.255 e. The highest BCUT2D eigenvalue weighted by Crippen LogP contribution is 2.34. The van der Waals surface area contributed by atoms with E-state index in [0.717, 1.165) is 24.2 Å². The van der Waals surface area contributed by atoms with Crippen LogP contribution in [0.5, 0.6) is 0 Å². The van der Waals surface area contributed by atoms with Crippen LogP contribution in [-0.2, 0) is 0 Å². The summed E-state index contributed by atoms with van der Waals surface area (Å²) in [6, 6.07) is 8.19. The van der Waals surface area contributed by atoms with Gasteiger partial charge in [0.05, 0.1) is 23.1 Å². The number of aromatic nitrogens is 2. The lowest BCUT2D eigenvalue weighted by molar-refractivity contribution is 0.0923. The van der Waals surface area contributed by atoms with Gasteiger partial charge in [-0.05, 0) is 50.2 Å². The normalized spacial score (nSPS) is 15.4. The second-order valence-electron chi connectivity index (χ2n) is 7.28. The summed E-state index contributed by atoms with van der Waals surface area (Å²) >= 11 is 0. The van der Waals surface area contributed by atoms with Crippen molar-refractivity contribution in [1.82, 2.24) is 15.1 Å². The molecule has 1 aromatic carbocycles. The van der Waals surface area contributed by atoms with Gasteiger partial charge >= 0.3 is 0 Å². The average molecular weight is 341 g/mol. The van der Waals surface area contributed by atoms with E-state index >= 15 is 0 Å². The summed E-state index contributed by atoms with van der Waals surface area (Å²) in [6.07, 6.45) is 4.53. The van der Waals surface area contributed by atoms with Crippen LogP contribution in [0, 0.1) is 12.8 Å². The largest absolute Gasteiger partial charge is 0.396 e.